The van der Waals surface area contributed by atoms with Crippen molar-refractivity contribution in [3.05, 3.63) is 24.5 Å². The molecule has 0 aromatic heterocycles. The lowest BCUT2D eigenvalue weighted by Gasteiger charge is -1.79. The van der Waals surface area contributed by atoms with Crippen LogP contribution in [0.4, 0.5) is 0 Å². The van der Waals surface area contributed by atoms with E-state index in [1.807, 2.05) is 19.1 Å². The first-order chi connectivity index (χ1) is 3.91. The Hall–Kier alpha value is -0.720. The molecule has 0 unspecified atom stereocenters. The minimum atomic E-state index is 0.837. The van der Waals surface area contributed by atoms with E-state index >= 15 is 0 Å². The number of unbranched alkanes of at least 4 members (excludes halogenated alkanes) is 1. The predicted molar refractivity (Wildman–Crippen MR) is 33.9 cm³/mol. The zero-order valence-corrected chi connectivity index (χ0v) is 5.13. The standard InChI is InChI=1S/C7H11O/c1-2-3-4-5-6-7-8/h2-3,6-7H,4-5H2,1H3/b3-2+,7-6+. The van der Waals surface area contributed by atoms with E-state index in [1.165, 1.54) is 0 Å². The summed E-state index contributed by atoms with van der Waals surface area (Å²) in [7, 11) is 0. The SMILES string of the molecule is C/C=C/CC/C=C/[O]. The first kappa shape index (κ1) is 7.28. The van der Waals surface area contributed by atoms with Crippen LogP contribution in [-0.2, 0) is 5.11 Å². The average Bonchev–Trinajstić information content (AvgIpc) is 1.81. The van der Waals surface area contributed by atoms with Crippen LogP contribution in [0.3, 0.4) is 0 Å². The van der Waals surface area contributed by atoms with E-state index in [-0.39, 0.29) is 0 Å². The minimum Gasteiger partial charge on any atom is -0.299 e. The Labute approximate surface area is 50.3 Å². The summed E-state index contributed by atoms with van der Waals surface area (Å²) in [6.07, 6.45) is 8.34. The molecule has 0 heterocycles. The van der Waals surface area contributed by atoms with Gasteiger partial charge in [0.2, 0.25) is 0 Å². The molecule has 0 aliphatic carbocycles. The Morgan fingerprint density at radius 3 is 2.38 bits per heavy atom. The topological polar surface area (TPSA) is 19.9 Å². The molecule has 1 heteroatoms. The first-order valence-electron chi connectivity index (χ1n) is 2.80. The highest BCUT2D eigenvalue weighted by molar-refractivity contribution is 4.81. The van der Waals surface area contributed by atoms with Crippen molar-refractivity contribution in [3.8, 4) is 0 Å². The molecular weight excluding hydrogens is 100 g/mol. The molecule has 8 heavy (non-hydrogen) atoms. The zero-order chi connectivity index (χ0) is 6.24. The molecule has 0 aliphatic rings. The summed E-state index contributed by atoms with van der Waals surface area (Å²) >= 11 is 0. The molecule has 0 spiro atoms. The van der Waals surface area contributed by atoms with Crippen LogP contribution in [0.15, 0.2) is 24.5 Å². The van der Waals surface area contributed by atoms with E-state index in [2.05, 4.69) is 0 Å². The Bertz CT molecular complexity index is 70.4. The van der Waals surface area contributed by atoms with Crippen LogP contribution in [0.1, 0.15) is 19.8 Å². The molecule has 0 bridgehead atoms. The summed E-state index contributed by atoms with van der Waals surface area (Å²) in [4.78, 5) is 0. The minimum absolute atomic E-state index is 0.837. The Balaban J connectivity index is 2.93. The Morgan fingerprint density at radius 2 is 1.88 bits per heavy atom. The van der Waals surface area contributed by atoms with Gasteiger partial charge in [-0.1, -0.05) is 12.2 Å². The second-order valence-electron chi connectivity index (χ2n) is 1.52. The summed E-state index contributed by atoms with van der Waals surface area (Å²) in [5.74, 6) is 0. The molecule has 0 aromatic rings. The fourth-order valence-electron chi connectivity index (χ4n) is 0.427. The fourth-order valence-corrected chi connectivity index (χ4v) is 0.427. The lowest BCUT2D eigenvalue weighted by Crippen LogP contribution is -1.61. The molecule has 45 valence electrons. The fraction of sp³-hybridized carbons (Fsp3) is 0.429. The van der Waals surface area contributed by atoms with Gasteiger partial charge in [0.05, 0.1) is 0 Å². The van der Waals surface area contributed by atoms with Gasteiger partial charge >= 0.3 is 0 Å². The van der Waals surface area contributed by atoms with Crippen LogP contribution in [0, 0.1) is 0 Å². The molecule has 0 saturated carbocycles. The largest absolute Gasteiger partial charge is 0.299 e. The number of hydrogen-bond donors (Lipinski definition) is 0. The highest BCUT2D eigenvalue weighted by atomic mass is 16.2. The molecule has 0 N–H and O–H groups in total. The maximum Gasteiger partial charge on any atom is 0.138 e. The van der Waals surface area contributed by atoms with Crippen molar-refractivity contribution in [1.82, 2.24) is 0 Å². The molecule has 0 fully saturated rings. The molecule has 1 radical (unpaired) electrons. The third-order valence-electron chi connectivity index (χ3n) is 0.832. The van der Waals surface area contributed by atoms with Crippen molar-refractivity contribution in [2.75, 3.05) is 0 Å². The van der Waals surface area contributed by atoms with E-state index in [0.29, 0.717) is 0 Å². The maximum atomic E-state index is 9.69. The number of hydrogen-bond acceptors (Lipinski definition) is 0. The van der Waals surface area contributed by atoms with Gasteiger partial charge in [-0.25, -0.2) is 0 Å². The molecular formula is C7H11O. The lowest BCUT2D eigenvalue weighted by atomic mass is 10.3. The maximum absolute atomic E-state index is 9.69. The van der Waals surface area contributed by atoms with Crippen LogP contribution >= 0.6 is 0 Å². The molecule has 0 aliphatic heterocycles. The summed E-state index contributed by atoms with van der Waals surface area (Å²) in [5.41, 5.74) is 0. The zero-order valence-electron chi connectivity index (χ0n) is 5.13. The second kappa shape index (κ2) is 6.28. The molecule has 0 saturated heterocycles. The summed E-state index contributed by atoms with van der Waals surface area (Å²) in [6.45, 7) is 1.97. The Morgan fingerprint density at radius 1 is 1.25 bits per heavy atom. The van der Waals surface area contributed by atoms with Crippen molar-refractivity contribution in [2.45, 2.75) is 19.8 Å². The van der Waals surface area contributed by atoms with Gasteiger partial charge in [-0.2, -0.15) is 0 Å². The molecule has 0 rings (SSSR count). The van der Waals surface area contributed by atoms with E-state index in [1.54, 1.807) is 6.08 Å². The van der Waals surface area contributed by atoms with Crippen molar-refractivity contribution < 1.29 is 5.11 Å². The second-order valence-corrected chi connectivity index (χ2v) is 1.52. The van der Waals surface area contributed by atoms with Crippen LogP contribution in [-0.4, -0.2) is 0 Å². The third-order valence-corrected chi connectivity index (χ3v) is 0.832. The number of rotatable bonds is 3. The van der Waals surface area contributed by atoms with E-state index in [9.17, 15) is 5.11 Å². The van der Waals surface area contributed by atoms with Crippen molar-refractivity contribution in [2.24, 2.45) is 0 Å². The number of allylic oxidation sites excluding steroid dienone is 3. The van der Waals surface area contributed by atoms with Crippen molar-refractivity contribution >= 4 is 0 Å². The third kappa shape index (κ3) is 5.28. The van der Waals surface area contributed by atoms with Crippen molar-refractivity contribution in [1.29, 1.82) is 0 Å². The van der Waals surface area contributed by atoms with Gasteiger partial charge < -0.3 is 0 Å². The quantitative estimate of drug-likeness (QED) is 0.302. The predicted octanol–water partition coefficient (Wildman–Crippen LogP) is 2.29. The van der Waals surface area contributed by atoms with Gasteiger partial charge in [0, 0.05) is 0 Å². The average molecular weight is 111 g/mol. The van der Waals surface area contributed by atoms with E-state index < -0.39 is 0 Å². The van der Waals surface area contributed by atoms with Crippen molar-refractivity contribution in [3.63, 3.8) is 0 Å². The monoisotopic (exact) mass is 111 g/mol. The molecule has 1 nitrogen and oxygen atoms in total. The van der Waals surface area contributed by atoms with E-state index in [4.69, 9.17) is 0 Å². The normalized spacial score (nSPS) is 11.6. The smallest absolute Gasteiger partial charge is 0.138 e. The Kier molecular flexibility index (Phi) is 5.71. The van der Waals surface area contributed by atoms with Gasteiger partial charge in [0.25, 0.3) is 0 Å². The van der Waals surface area contributed by atoms with Crippen LogP contribution in [0.25, 0.3) is 0 Å². The molecule has 0 amide bonds. The highest BCUT2D eigenvalue weighted by Gasteiger charge is 1.72. The highest BCUT2D eigenvalue weighted by Crippen LogP contribution is 1.90. The van der Waals surface area contributed by atoms with Gasteiger partial charge in [-0.15, -0.1) is 0 Å². The van der Waals surface area contributed by atoms with Crippen LogP contribution in [0.2, 0.25) is 0 Å². The van der Waals surface area contributed by atoms with Crippen LogP contribution in [0.5, 0.6) is 0 Å². The first-order valence-corrected chi connectivity index (χ1v) is 2.80. The molecule has 0 atom stereocenters. The van der Waals surface area contributed by atoms with Crippen LogP contribution < -0.4 is 0 Å². The van der Waals surface area contributed by atoms with Gasteiger partial charge in [0.1, 0.15) is 6.26 Å². The molecule has 0 aromatic carbocycles. The summed E-state index contributed by atoms with van der Waals surface area (Å²) < 4.78 is 0. The van der Waals surface area contributed by atoms with Gasteiger partial charge in [0.15, 0.2) is 0 Å². The lowest BCUT2D eigenvalue weighted by molar-refractivity contribution is 0.350. The summed E-state index contributed by atoms with van der Waals surface area (Å²) in [6, 6.07) is 0. The van der Waals surface area contributed by atoms with Gasteiger partial charge in [-0.05, 0) is 25.8 Å². The van der Waals surface area contributed by atoms with E-state index in [0.717, 1.165) is 19.1 Å². The summed E-state index contributed by atoms with van der Waals surface area (Å²) in [5, 5.41) is 9.69. The van der Waals surface area contributed by atoms with Gasteiger partial charge in [-0.3, -0.25) is 5.11 Å².